The van der Waals surface area contributed by atoms with Crippen molar-refractivity contribution in [2.75, 3.05) is 12.8 Å². The van der Waals surface area contributed by atoms with Gasteiger partial charge in [0.2, 0.25) is 0 Å². The van der Waals surface area contributed by atoms with E-state index in [-0.39, 0.29) is 17.8 Å². The van der Waals surface area contributed by atoms with Crippen LogP contribution >= 0.6 is 11.8 Å². The third-order valence-electron chi connectivity index (χ3n) is 4.34. The second-order valence-electron chi connectivity index (χ2n) is 6.01. The van der Waals surface area contributed by atoms with Crippen molar-refractivity contribution in [1.82, 2.24) is 19.7 Å². The number of thioether (sulfide) groups is 1. The van der Waals surface area contributed by atoms with Gasteiger partial charge in [0.25, 0.3) is 5.91 Å². The molecule has 1 aromatic heterocycles. The minimum absolute atomic E-state index is 0.107. The van der Waals surface area contributed by atoms with Crippen LogP contribution in [0, 0.1) is 5.82 Å². The Kier molecular flexibility index (Phi) is 5.27. The normalized spacial score (nSPS) is 18.4. The molecule has 2 aromatic rings. The number of hydrogen-bond donors (Lipinski definition) is 0. The van der Waals surface area contributed by atoms with Crippen molar-refractivity contribution >= 4 is 17.7 Å². The summed E-state index contributed by atoms with van der Waals surface area (Å²) >= 11 is 1.52. The van der Waals surface area contributed by atoms with Gasteiger partial charge in [-0.05, 0) is 38.2 Å². The number of aromatic nitrogens is 3. The summed E-state index contributed by atoms with van der Waals surface area (Å²) in [4.78, 5) is 14.6. The maximum Gasteiger partial charge on any atom is 0.263 e. The topological polar surface area (TPSA) is 60.3 Å². The van der Waals surface area contributed by atoms with E-state index in [1.807, 2.05) is 17.9 Å². The fourth-order valence-corrected chi connectivity index (χ4v) is 3.61. The third-order valence-corrected chi connectivity index (χ3v) is 5.06. The van der Waals surface area contributed by atoms with Crippen molar-refractivity contribution < 1.29 is 13.9 Å². The molecule has 25 heavy (non-hydrogen) atoms. The number of nitrogens with zero attached hydrogens (tertiary/aromatic N) is 4. The molecule has 2 heterocycles. The predicted octanol–water partition coefficient (Wildman–Crippen LogP) is 2.81. The number of rotatable bonds is 5. The summed E-state index contributed by atoms with van der Waals surface area (Å²) in [5.74, 6) is 0.619. The highest BCUT2D eigenvalue weighted by molar-refractivity contribution is 7.98. The molecule has 0 aliphatic carbocycles. The number of carbonyl (C=O) groups excluding carboxylic acids is 1. The van der Waals surface area contributed by atoms with Crippen LogP contribution in [0.3, 0.4) is 0 Å². The van der Waals surface area contributed by atoms with E-state index in [0.717, 1.165) is 23.8 Å². The molecule has 0 bridgehead atoms. The van der Waals surface area contributed by atoms with Crippen LogP contribution in [-0.2, 0) is 11.8 Å². The van der Waals surface area contributed by atoms with Crippen molar-refractivity contribution in [3.05, 3.63) is 35.9 Å². The Balaban J connectivity index is 1.74. The monoisotopic (exact) mass is 364 g/mol. The lowest BCUT2D eigenvalue weighted by atomic mass is 10.2. The standard InChI is InChI=1S/C17H21FN4O2S/c1-11(24-13-7-4-6-12(18)10-13)16(23)22-9-5-8-14(22)15-19-20-17(25-3)21(15)2/h4,6-7,10-11,14H,5,8-9H2,1-3H3/t11-,14-/m1/s1. The molecular formula is C17H21FN4O2S. The van der Waals surface area contributed by atoms with Crippen molar-refractivity contribution in [3.8, 4) is 5.75 Å². The van der Waals surface area contributed by atoms with Crippen molar-refractivity contribution in [2.24, 2.45) is 7.05 Å². The van der Waals surface area contributed by atoms with E-state index < -0.39 is 6.10 Å². The summed E-state index contributed by atoms with van der Waals surface area (Å²) in [5.41, 5.74) is 0. The molecule has 3 rings (SSSR count). The second-order valence-corrected chi connectivity index (χ2v) is 6.78. The Morgan fingerprint density at radius 3 is 2.92 bits per heavy atom. The molecule has 1 aliphatic rings. The van der Waals surface area contributed by atoms with Gasteiger partial charge in [0.05, 0.1) is 6.04 Å². The lowest BCUT2D eigenvalue weighted by Crippen LogP contribution is -2.40. The highest BCUT2D eigenvalue weighted by Gasteiger charge is 2.36. The second kappa shape index (κ2) is 7.43. The first-order valence-corrected chi connectivity index (χ1v) is 9.39. The van der Waals surface area contributed by atoms with Gasteiger partial charge in [-0.1, -0.05) is 17.8 Å². The van der Waals surface area contributed by atoms with Gasteiger partial charge in [0.15, 0.2) is 17.1 Å². The van der Waals surface area contributed by atoms with E-state index in [4.69, 9.17) is 4.74 Å². The van der Waals surface area contributed by atoms with Gasteiger partial charge >= 0.3 is 0 Å². The van der Waals surface area contributed by atoms with Crippen LogP contribution in [0.5, 0.6) is 5.75 Å². The molecule has 134 valence electrons. The van der Waals surface area contributed by atoms with E-state index in [2.05, 4.69) is 10.2 Å². The number of hydrogen-bond acceptors (Lipinski definition) is 5. The minimum Gasteiger partial charge on any atom is -0.481 e. The van der Waals surface area contributed by atoms with E-state index in [1.165, 1.54) is 23.9 Å². The van der Waals surface area contributed by atoms with Gasteiger partial charge in [-0.3, -0.25) is 4.79 Å². The SMILES string of the molecule is CSc1nnc([C@H]2CCCN2C(=O)[C@@H](C)Oc2cccc(F)c2)n1C. The Labute approximate surface area is 150 Å². The highest BCUT2D eigenvalue weighted by atomic mass is 32.2. The van der Waals surface area contributed by atoms with E-state index in [1.54, 1.807) is 24.0 Å². The molecule has 8 heteroatoms. The van der Waals surface area contributed by atoms with Crippen LogP contribution < -0.4 is 4.74 Å². The smallest absolute Gasteiger partial charge is 0.263 e. The van der Waals surface area contributed by atoms with Gasteiger partial charge in [-0.15, -0.1) is 10.2 Å². The molecule has 1 amide bonds. The summed E-state index contributed by atoms with van der Waals surface area (Å²) in [6, 6.07) is 5.71. The number of benzene rings is 1. The van der Waals surface area contributed by atoms with E-state index >= 15 is 0 Å². The Morgan fingerprint density at radius 1 is 1.44 bits per heavy atom. The van der Waals surface area contributed by atoms with Crippen LogP contribution in [-0.4, -0.2) is 44.5 Å². The fraction of sp³-hybridized carbons (Fsp3) is 0.471. The summed E-state index contributed by atoms with van der Waals surface area (Å²) < 4.78 is 20.8. The van der Waals surface area contributed by atoms with Gasteiger partial charge in [0, 0.05) is 19.7 Å². The van der Waals surface area contributed by atoms with Crippen LogP contribution in [0.15, 0.2) is 29.4 Å². The maximum absolute atomic E-state index is 13.3. The van der Waals surface area contributed by atoms with E-state index in [0.29, 0.717) is 12.3 Å². The van der Waals surface area contributed by atoms with Gasteiger partial charge < -0.3 is 14.2 Å². The van der Waals surface area contributed by atoms with Crippen LogP contribution in [0.4, 0.5) is 4.39 Å². The molecule has 0 saturated carbocycles. The number of likely N-dealkylation sites (tertiary alicyclic amines) is 1. The molecule has 1 saturated heterocycles. The average molecular weight is 364 g/mol. The lowest BCUT2D eigenvalue weighted by molar-refractivity contribution is -0.139. The molecule has 1 fully saturated rings. The molecule has 1 aromatic carbocycles. The van der Waals surface area contributed by atoms with Gasteiger partial charge in [0.1, 0.15) is 11.6 Å². The van der Waals surface area contributed by atoms with Crippen molar-refractivity contribution in [2.45, 2.75) is 37.1 Å². The maximum atomic E-state index is 13.3. The van der Waals surface area contributed by atoms with Crippen LogP contribution in [0.25, 0.3) is 0 Å². The average Bonchev–Trinajstić information content (AvgIpc) is 3.20. The predicted molar refractivity (Wildman–Crippen MR) is 93.0 cm³/mol. The zero-order valence-electron chi connectivity index (χ0n) is 14.5. The fourth-order valence-electron chi connectivity index (χ4n) is 3.12. The van der Waals surface area contributed by atoms with Crippen molar-refractivity contribution in [1.29, 1.82) is 0 Å². The zero-order chi connectivity index (χ0) is 18.0. The Hall–Kier alpha value is -2.09. The first-order chi connectivity index (χ1) is 12.0. The highest BCUT2D eigenvalue weighted by Crippen LogP contribution is 2.32. The third kappa shape index (κ3) is 3.63. The Bertz CT molecular complexity index is 767. The van der Waals surface area contributed by atoms with E-state index in [9.17, 15) is 9.18 Å². The zero-order valence-corrected chi connectivity index (χ0v) is 15.3. The Morgan fingerprint density at radius 2 is 2.24 bits per heavy atom. The quantitative estimate of drug-likeness (QED) is 0.764. The largest absolute Gasteiger partial charge is 0.481 e. The number of amides is 1. The van der Waals surface area contributed by atoms with Crippen molar-refractivity contribution in [3.63, 3.8) is 0 Å². The summed E-state index contributed by atoms with van der Waals surface area (Å²) in [7, 11) is 1.91. The van der Waals surface area contributed by atoms with Crippen LogP contribution in [0.1, 0.15) is 31.6 Å². The summed E-state index contributed by atoms with van der Waals surface area (Å²) in [5, 5.41) is 9.24. The number of carbonyl (C=O) groups is 1. The summed E-state index contributed by atoms with van der Waals surface area (Å²) in [6.07, 6.45) is 3.00. The molecule has 0 radical (unpaired) electrons. The molecular weight excluding hydrogens is 343 g/mol. The number of ether oxygens (including phenoxy) is 1. The first-order valence-electron chi connectivity index (χ1n) is 8.17. The molecule has 0 unspecified atom stereocenters. The molecule has 0 spiro atoms. The molecule has 0 N–H and O–H groups in total. The van der Waals surface area contributed by atoms with Crippen LogP contribution in [0.2, 0.25) is 0 Å². The summed E-state index contributed by atoms with van der Waals surface area (Å²) in [6.45, 7) is 2.34. The number of halogens is 1. The first kappa shape index (κ1) is 17.7. The molecule has 6 nitrogen and oxygen atoms in total. The van der Waals surface area contributed by atoms with Gasteiger partial charge in [-0.25, -0.2) is 4.39 Å². The molecule has 2 atom stereocenters. The molecule has 1 aliphatic heterocycles. The minimum atomic E-state index is -0.698. The van der Waals surface area contributed by atoms with Gasteiger partial charge in [-0.2, -0.15) is 0 Å². The lowest BCUT2D eigenvalue weighted by Gasteiger charge is -2.27.